The molecule has 7 heteroatoms. The van der Waals surface area contributed by atoms with Gasteiger partial charge in [0, 0.05) is 42.1 Å². The number of alkyl halides is 3. The molecule has 1 atom stereocenters. The van der Waals surface area contributed by atoms with Crippen LogP contribution in [0, 0.1) is 18.7 Å². The summed E-state index contributed by atoms with van der Waals surface area (Å²) in [5.74, 6) is 0.187. The van der Waals surface area contributed by atoms with Gasteiger partial charge in [0.25, 0.3) is 0 Å². The molecule has 1 aliphatic rings. The molecule has 0 saturated carbocycles. The first-order valence-corrected chi connectivity index (χ1v) is 9.12. The Labute approximate surface area is 154 Å². The van der Waals surface area contributed by atoms with Gasteiger partial charge in [-0.1, -0.05) is 6.92 Å². The van der Waals surface area contributed by atoms with Gasteiger partial charge in [0.2, 0.25) is 0 Å². The van der Waals surface area contributed by atoms with Crippen molar-refractivity contribution in [1.82, 2.24) is 14.5 Å². The van der Waals surface area contributed by atoms with Crippen LogP contribution in [0.15, 0.2) is 24.4 Å². The molecule has 144 valence electrons. The maximum Gasteiger partial charge on any atom is 0.435 e. The van der Waals surface area contributed by atoms with Crippen molar-refractivity contribution in [3.8, 4) is 0 Å². The SMILES string of the molecule is Cc1cc2c(cc1F)c1ccnc(C(F)(F)F)c1n2CCN1CCC(C)C1. The van der Waals surface area contributed by atoms with Gasteiger partial charge in [-0.3, -0.25) is 0 Å². The highest BCUT2D eigenvalue weighted by Crippen LogP contribution is 2.38. The average molecular weight is 379 g/mol. The lowest BCUT2D eigenvalue weighted by atomic mass is 10.1. The van der Waals surface area contributed by atoms with E-state index >= 15 is 0 Å². The zero-order valence-electron chi connectivity index (χ0n) is 15.3. The Balaban J connectivity index is 1.90. The molecule has 0 aliphatic carbocycles. The summed E-state index contributed by atoms with van der Waals surface area (Å²) in [4.78, 5) is 5.88. The van der Waals surface area contributed by atoms with Gasteiger partial charge < -0.3 is 9.47 Å². The third-order valence-corrected chi connectivity index (χ3v) is 5.47. The number of aromatic nitrogens is 2. The smallest absolute Gasteiger partial charge is 0.337 e. The van der Waals surface area contributed by atoms with Gasteiger partial charge in [0.05, 0.1) is 5.52 Å². The number of hydrogen-bond donors (Lipinski definition) is 0. The minimum absolute atomic E-state index is 0.0391. The molecule has 1 aliphatic heterocycles. The molecule has 27 heavy (non-hydrogen) atoms. The quantitative estimate of drug-likeness (QED) is 0.598. The maximum atomic E-state index is 14.1. The van der Waals surface area contributed by atoms with Crippen LogP contribution in [0.25, 0.3) is 21.8 Å². The van der Waals surface area contributed by atoms with E-state index in [0.29, 0.717) is 40.9 Å². The highest BCUT2D eigenvalue weighted by molar-refractivity contribution is 6.09. The molecular formula is C20H21F4N3. The van der Waals surface area contributed by atoms with Crippen molar-refractivity contribution in [2.24, 2.45) is 5.92 Å². The summed E-state index contributed by atoms with van der Waals surface area (Å²) in [6.45, 7) is 6.78. The van der Waals surface area contributed by atoms with Crippen LogP contribution in [0.4, 0.5) is 17.6 Å². The lowest BCUT2D eigenvalue weighted by molar-refractivity contribution is -0.140. The summed E-state index contributed by atoms with van der Waals surface area (Å²) in [5, 5.41) is 0.886. The van der Waals surface area contributed by atoms with Crippen LogP contribution in [-0.2, 0) is 12.7 Å². The number of likely N-dealkylation sites (tertiary alicyclic amines) is 1. The number of fused-ring (bicyclic) bond motifs is 3. The Hall–Kier alpha value is -2.15. The van der Waals surface area contributed by atoms with Crippen molar-refractivity contribution < 1.29 is 17.6 Å². The highest BCUT2D eigenvalue weighted by atomic mass is 19.4. The fraction of sp³-hybridized carbons (Fsp3) is 0.450. The van der Waals surface area contributed by atoms with Crippen molar-refractivity contribution >= 4 is 21.8 Å². The van der Waals surface area contributed by atoms with Crippen molar-refractivity contribution in [2.45, 2.75) is 33.0 Å². The molecule has 0 bridgehead atoms. The Morgan fingerprint density at radius 2 is 1.96 bits per heavy atom. The fourth-order valence-corrected chi connectivity index (χ4v) is 4.08. The second kappa shape index (κ2) is 6.48. The summed E-state index contributed by atoms with van der Waals surface area (Å²) < 4.78 is 56.7. The average Bonchev–Trinajstić information content (AvgIpc) is 3.14. The molecule has 3 aromatic rings. The Morgan fingerprint density at radius 1 is 1.19 bits per heavy atom. The summed E-state index contributed by atoms with van der Waals surface area (Å²) in [6, 6.07) is 4.51. The standard InChI is InChI=1S/C20H21F4N3/c1-12-4-6-26(11-12)7-8-27-17-9-13(2)16(21)10-15(17)14-3-5-25-19(18(14)27)20(22,23)24/h3,5,9-10,12H,4,6-8,11H2,1-2H3. The van der Waals surface area contributed by atoms with Crippen molar-refractivity contribution in [3.63, 3.8) is 0 Å². The van der Waals surface area contributed by atoms with E-state index in [9.17, 15) is 17.6 Å². The van der Waals surface area contributed by atoms with E-state index in [-0.39, 0.29) is 5.52 Å². The molecular weight excluding hydrogens is 358 g/mol. The normalized spacial score (nSPS) is 18.8. The van der Waals surface area contributed by atoms with Gasteiger partial charge in [-0.15, -0.1) is 0 Å². The first-order valence-electron chi connectivity index (χ1n) is 9.12. The van der Waals surface area contributed by atoms with E-state index in [4.69, 9.17) is 0 Å². The van der Waals surface area contributed by atoms with Crippen LogP contribution in [0.3, 0.4) is 0 Å². The summed E-state index contributed by atoms with van der Waals surface area (Å²) in [7, 11) is 0. The molecule has 1 fully saturated rings. The van der Waals surface area contributed by atoms with Crippen LogP contribution in [0.1, 0.15) is 24.6 Å². The minimum Gasteiger partial charge on any atom is -0.337 e. The number of benzene rings is 1. The van der Waals surface area contributed by atoms with Crippen molar-refractivity contribution in [1.29, 1.82) is 0 Å². The molecule has 3 heterocycles. The van der Waals surface area contributed by atoms with Crippen molar-refractivity contribution in [3.05, 3.63) is 41.5 Å². The second-order valence-electron chi connectivity index (χ2n) is 7.52. The first-order chi connectivity index (χ1) is 12.8. The molecule has 0 radical (unpaired) electrons. The second-order valence-corrected chi connectivity index (χ2v) is 7.52. The molecule has 2 aromatic heterocycles. The van der Waals surface area contributed by atoms with Crippen molar-refractivity contribution in [2.75, 3.05) is 19.6 Å². The molecule has 1 unspecified atom stereocenters. The number of hydrogen-bond acceptors (Lipinski definition) is 2. The topological polar surface area (TPSA) is 21.1 Å². The van der Waals surface area contributed by atoms with E-state index < -0.39 is 17.7 Å². The molecule has 4 rings (SSSR count). The highest BCUT2D eigenvalue weighted by Gasteiger charge is 2.36. The largest absolute Gasteiger partial charge is 0.435 e. The maximum absolute atomic E-state index is 14.1. The van der Waals surface area contributed by atoms with Gasteiger partial charge >= 0.3 is 6.18 Å². The van der Waals surface area contributed by atoms with Crippen LogP contribution in [0.2, 0.25) is 0 Å². The first kappa shape index (κ1) is 18.2. The van der Waals surface area contributed by atoms with E-state index in [2.05, 4.69) is 16.8 Å². The lowest BCUT2D eigenvalue weighted by Gasteiger charge is -2.18. The van der Waals surface area contributed by atoms with E-state index in [1.165, 1.54) is 12.1 Å². The number of halogens is 4. The third kappa shape index (κ3) is 3.18. The summed E-state index contributed by atoms with van der Waals surface area (Å²) in [5.41, 5.74) is 0.166. The number of pyridine rings is 1. The van der Waals surface area contributed by atoms with Gasteiger partial charge in [0.15, 0.2) is 5.69 Å². The van der Waals surface area contributed by atoms with E-state index in [1.807, 2.05) is 0 Å². The third-order valence-electron chi connectivity index (χ3n) is 5.47. The molecule has 0 spiro atoms. The molecule has 3 nitrogen and oxygen atoms in total. The van der Waals surface area contributed by atoms with Crippen LogP contribution < -0.4 is 0 Å². The Bertz CT molecular complexity index is 1010. The summed E-state index contributed by atoms with van der Waals surface area (Å²) >= 11 is 0. The zero-order chi connectivity index (χ0) is 19.3. The molecule has 1 saturated heterocycles. The van der Waals surface area contributed by atoms with Crippen LogP contribution >= 0.6 is 0 Å². The van der Waals surface area contributed by atoms with Gasteiger partial charge in [0.1, 0.15) is 5.82 Å². The molecule has 1 aromatic carbocycles. The van der Waals surface area contributed by atoms with Gasteiger partial charge in [-0.25, -0.2) is 9.37 Å². The van der Waals surface area contributed by atoms with Gasteiger partial charge in [-0.05, 0) is 49.6 Å². The number of rotatable bonds is 3. The monoisotopic (exact) mass is 379 g/mol. The van der Waals surface area contributed by atoms with E-state index in [0.717, 1.165) is 25.7 Å². The van der Waals surface area contributed by atoms with E-state index in [1.54, 1.807) is 17.6 Å². The Kier molecular flexibility index (Phi) is 4.37. The fourth-order valence-electron chi connectivity index (χ4n) is 4.08. The lowest BCUT2D eigenvalue weighted by Crippen LogP contribution is -2.25. The van der Waals surface area contributed by atoms with Gasteiger partial charge in [-0.2, -0.15) is 13.2 Å². The number of nitrogens with zero attached hydrogens (tertiary/aromatic N) is 3. The predicted molar refractivity (Wildman–Crippen MR) is 97.2 cm³/mol. The predicted octanol–water partition coefficient (Wildman–Crippen LogP) is 5.00. The summed E-state index contributed by atoms with van der Waals surface area (Å²) in [6.07, 6.45) is -2.32. The molecule has 0 N–H and O–H groups in total. The van der Waals surface area contributed by atoms with Crippen LogP contribution in [0.5, 0.6) is 0 Å². The molecule has 0 amide bonds. The minimum atomic E-state index is -4.57. The Morgan fingerprint density at radius 3 is 2.63 bits per heavy atom. The van der Waals surface area contributed by atoms with Crippen LogP contribution in [-0.4, -0.2) is 34.1 Å². The number of aryl methyl sites for hydroxylation is 1. The zero-order valence-corrected chi connectivity index (χ0v) is 15.3.